The maximum atomic E-state index is 13.7. The number of carboxylic acids is 1. The molecular weight excluding hydrogens is 1080 g/mol. The van der Waals surface area contributed by atoms with Crippen molar-refractivity contribution in [3.8, 4) is 0 Å². The van der Waals surface area contributed by atoms with Gasteiger partial charge in [0.15, 0.2) is 12.6 Å². The highest BCUT2D eigenvalue weighted by molar-refractivity contribution is 5.94. The molecule has 33 nitrogen and oxygen atoms in total. The second-order valence-electron chi connectivity index (χ2n) is 19.8. The molecule has 0 spiro atoms. The van der Waals surface area contributed by atoms with Crippen LogP contribution in [0.1, 0.15) is 99.8 Å². The van der Waals surface area contributed by atoms with Crippen molar-refractivity contribution in [2.24, 2.45) is 17.2 Å². The molecule has 18 unspecified atom stereocenters. The van der Waals surface area contributed by atoms with E-state index in [1.807, 2.05) is 0 Å². The van der Waals surface area contributed by atoms with Gasteiger partial charge in [-0.25, -0.2) is 4.79 Å². The molecule has 21 N–H and O–H groups in total. The third-order valence-corrected chi connectivity index (χ3v) is 12.9. The molecule has 2 aliphatic rings. The number of carbonyl (C=O) groups excluding carboxylic acids is 10. The average molecular weight is 1170 g/mol. The lowest BCUT2D eigenvalue weighted by Gasteiger charge is -2.48. The summed E-state index contributed by atoms with van der Waals surface area (Å²) in [5.74, 6) is -9.49. The van der Waals surface area contributed by atoms with Crippen LogP contribution in [0.15, 0.2) is 0 Å². The van der Waals surface area contributed by atoms with E-state index in [9.17, 15) is 83.4 Å². The van der Waals surface area contributed by atoms with E-state index in [1.165, 1.54) is 34.6 Å². The molecule has 0 radical (unpaired) electrons. The zero-order valence-corrected chi connectivity index (χ0v) is 46.4. The Morgan fingerprint density at radius 1 is 0.580 bits per heavy atom. The summed E-state index contributed by atoms with van der Waals surface area (Å²) in [5.41, 5.74) is 16.6. The topological polar surface area (TPSA) is 532 Å². The van der Waals surface area contributed by atoms with E-state index >= 15 is 0 Å². The first-order chi connectivity index (χ1) is 38.0. The van der Waals surface area contributed by atoms with Gasteiger partial charge in [0, 0.05) is 26.8 Å². The minimum Gasteiger partial charge on any atom is -0.480 e. The lowest BCUT2D eigenvalue weighted by molar-refractivity contribution is -0.333. The second-order valence-corrected chi connectivity index (χ2v) is 19.8. The Morgan fingerprint density at radius 2 is 1.11 bits per heavy atom. The number of primary amides is 1. The summed E-state index contributed by atoms with van der Waals surface area (Å²) in [4.78, 5) is 140. The minimum atomic E-state index is -1.91. The fraction of sp³-hybridized carbons (Fsp3) is 0.771. The summed E-state index contributed by atoms with van der Waals surface area (Å²) in [7, 11) is 0. The third kappa shape index (κ3) is 23.3. The molecule has 2 saturated heterocycles. The Hall–Kier alpha value is -6.27. The fourth-order valence-electron chi connectivity index (χ4n) is 8.28. The summed E-state index contributed by atoms with van der Waals surface area (Å²) >= 11 is 0. The van der Waals surface area contributed by atoms with Gasteiger partial charge in [0.2, 0.25) is 59.1 Å². The average Bonchev–Trinajstić information content (AvgIpc) is 3.52. The van der Waals surface area contributed by atoms with Crippen LogP contribution >= 0.6 is 0 Å². The van der Waals surface area contributed by atoms with Crippen molar-refractivity contribution in [1.82, 2.24) is 47.9 Å². The van der Waals surface area contributed by atoms with Crippen molar-refractivity contribution >= 4 is 65.0 Å². The fourth-order valence-corrected chi connectivity index (χ4v) is 8.28. The molecule has 2 heterocycles. The Morgan fingerprint density at radius 3 is 1.65 bits per heavy atom. The zero-order chi connectivity index (χ0) is 61.4. The molecule has 33 heteroatoms. The number of nitrogens with one attached hydrogen (secondary N) is 9. The van der Waals surface area contributed by atoms with Crippen molar-refractivity contribution in [3.63, 3.8) is 0 Å². The SMILES string of the molecule is CC(=O)NC1C(OC2C(CO)OC(O)C(NC(C)=O)C2OC(C)C(=O)NC(C)C(=O)NC(CCC(=O)NC(CCCCNC(=O)C(C)NC(=O)C(C)N)C(=O)NC(C)C(=O)NC(CCCCN)C(=O)O)C(N)=O)OC(CO)C(O)C1O. The normalized spacial score (nSPS) is 25.5. The quantitative estimate of drug-likeness (QED) is 0.0266. The largest absolute Gasteiger partial charge is 0.480 e. The molecule has 0 aliphatic carbocycles. The molecule has 2 rings (SSSR count). The van der Waals surface area contributed by atoms with Crippen molar-refractivity contribution in [1.29, 1.82) is 0 Å². The van der Waals surface area contributed by atoms with E-state index in [0.29, 0.717) is 19.4 Å². The number of carbonyl (C=O) groups is 11. The van der Waals surface area contributed by atoms with Gasteiger partial charge in [-0.2, -0.15) is 0 Å². The van der Waals surface area contributed by atoms with Crippen LogP contribution in [-0.2, 0) is 71.7 Å². The second kappa shape index (κ2) is 34.9. The molecule has 0 saturated carbocycles. The van der Waals surface area contributed by atoms with E-state index in [1.54, 1.807) is 0 Å². The van der Waals surface area contributed by atoms with E-state index in [0.717, 1.165) is 13.8 Å². The highest BCUT2D eigenvalue weighted by Crippen LogP contribution is 2.31. The number of aliphatic hydroxyl groups is 5. The van der Waals surface area contributed by atoms with E-state index < -0.39 is 201 Å². The summed E-state index contributed by atoms with van der Waals surface area (Å²) in [6.07, 6.45) is -14.7. The van der Waals surface area contributed by atoms with Gasteiger partial charge >= 0.3 is 5.97 Å². The first-order valence-corrected chi connectivity index (χ1v) is 26.5. The van der Waals surface area contributed by atoms with Crippen molar-refractivity contribution in [2.45, 2.75) is 210 Å². The summed E-state index contributed by atoms with van der Waals surface area (Å²) < 4.78 is 23.3. The Balaban J connectivity index is 2.23. The van der Waals surface area contributed by atoms with Crippen molar-refractivity contribution < 1.29 is 102 Å². The van der Waals surface area contributed by atoms with Gasteiger partial charge in [0.25, 0.3) is 0 Å². The monoisotopic (exact) mass is 1160 g/mol. The molecule has 0 bridgehead atoms. The number of amides is 10. The standard InChI is InChI=1S/C48H84N12O21/c1-20(50)40(69)53-21(2)41(70)52-17-11-9-12-28(45(74)55-23(4)43(72)60-29(46(75)76)13-8-10-16-49)58-32(65)15-14-27(39(51)68)59-42(71)22(3)54-44(73)24(5)78-38-34(57-26(7)64)47(77)79-31(19-62)37(38)81-48-33(56-25(6)63)36(67)35(66)30(18-61)80-48/h20-24,27-31,33-38,47-48,61-62,66-67,77H,8-19,49-50H2,1-7H3,(H2,51,68)(H,52,70)(H,53,69)(H,54,73)(H,55,74)(H,56,63)(H,57,64)(H,58,65)(H,59,71)(H,60,72)(H,75,76). The molecule has 2 aliphatic heterocycles. The predicted octanol–water partition coefficient (Wildman–Crippen LogP) is -8.62. The van der Waals surface area contributed by atoms with Gasteiger partial charge < -0.3 is 115 Å². The summed E-state index contributed by atoms with van der Waals surface area (Å²) in [6, 6.07) is -11.8. The van der Waals surface area contributed by atoms with Gasteiger partial charge in [0.05, 0.1) is 19.3 Å². The van der Waals surface area contributed by atoms with Gasteiger partial charge in [-0.05, 0) is 86.1 Å². The van der Waals surface area contributed by atoms with E-state index in [2.05, 4.69) is 47.9 Å². The number of carboxylic acid groups (broad SMARTS) is 1. The Labute approximate surface area is 467 Å². The number of nitrogens with two attached hydrogens (primary N) is 3. The van der Waals surface area contributed by atoms with Crippen LogP contribution in [0.25, 0.3) is 0 Å². The lowest BCUT2D eigenvalue weighted by atomic mass is 9.94. The maximum absolute atomic E-state index is 13.7. The Kier molecular flexibility index (Phi) is 30.5. The van der Waals surface area contributed by atoms with E-state index in [-0.39, 0.29) is 32.2 Å². The van der Waals surface area contributed by atoms with Crippen LogP contribution in [0, 0.1) is 0 Å². The predicted molar refractivity (Wildman–Crippen MR) is 278 cm³/mol. The zero-order valence-electron chi connectivity index (χ0n) is 46.4. The number of unbranched alkanes of at least 4 members (excludes halogenated alkanes) is 2. The smallest absolute Gasteiger partial charge is 0.326 e. The molecular formula is C48H84N12O21. The maximum Gasteiger partial charge on any atom is 0.326 e. The lowest BCUT2D eigenvalue weighted by Crippen LogP contribution is -2.70. The van der Waals surface area contributed by atoms with Crippen molar-refractivity contribution in [2.75, 3.05) is 26.3 Å². The highest BCUT2D eigenvalue weighted by atomic mass is 16.7. The highest BCUT2D eigenvalue weighted by Gasteiger charge is 2.53. The molecule has 0 aromatic carbocycles. The minimum absolute atomic E-state index is 0.0636. The third-order valence-electron chi connectivity index (χ3n) is 12.9. The number of aliphatic hydroxyl groups excluding tert-OH is 5. The van der Waals surface area contributed by atoms with Gasteiger partial charge in [-0.1, -0.05) is 0 Å². The molecule has 2 fully saturated rings. The molecule has 0 aromatic heterocycles. The number of hydrogen-bond acceptors (Lipinski definition) is 22. The number of aliphatic carboxylic acids is 1. The number of rotatable bonds is 34. The van der Waals surface area contributed by atoms with Gasteiger partial charge in [-0.15, -0.1) is 0 Å². The van der Waals surface area contributed by atoms with Crippen molar-refractivity contribution in [3.05, 3.63) is 0 Å². The summed E-state index contributed by atoms with van der Waals surface area (Å²) in [5, 5.41) is 84.0. The molecule has 10 amide bonds. The molecule has 0 aromatic rings. The Bertz CT molecular complexity index is 2150. The first kappa shape index (κ1) is 70.8. The molecule has 18 atom stereocenters. The van der Waals surface area contributed by atoms with Crippen LogP contribution in [0.5, 0.6) is 0 Å². The molecule has 81 heavy (non-hydrogen) atoms. The van der Waals surface area contributed by atoms with Crippen LogP contribution in [-0.4, -0.2) is 232 Å². The van der Waals surface area contributed by atoms with Crippen LogP contribution in [0.3, 0.4) is 0 Å². The van der Waals surface area contributed by atoms with Gasteiger partial charge in [0.1, 0.15) is 91.1 Å². The van der Waals surface area contributed by atoms with Gasteiger partial charge in [-0.3, -0.25) is 47.9 Å². The molecule has 462 valence electrons. The van der Waals surface area contributed by atoms with Crippen LogP contribution in [0.2, 0.25) is 0 Å². The van der Waals surface area contributed by atoms with E-state index in [4.69, 9.17) is 36.1 Å². The summed E-state index contributed by atoms with van der Waals surface area (Å²) in [6.45, 7) is 7.38. The first-order valence-electron chi connectivity index (χ1n) is 26.5. The van der Waals surface area contributed by atoms with Crippen LogP contribution in [0.4, 0.5) is 0 Å². The van der Waals surface area contributed by atoms with Crippen LogP contribution < -0.4 is 65.1 Å². The number of ether oxygens (including phenoxy) is 4. The number of hydrogen-bond donors (Lipinski definition) is 18.